The summed E-state index contributed by atoms with van der Waals surface area (Å²) in [5.41, 5.74) is 3.96. The predicted molar refractivity (Wildman–Crippen MR) is 78.8 cm³/mol. The van der Waals surface area contributed by atoms with Crippen molar-refractivity contribution in [1.82, 2.24) is 0 Å². The molecule has 1 heterocycles. The average molecular weight is 266 g/mol. The highest BCUT2D eigenvalue weighted by Gasteiger charge is 2.33. The van der Waals surface area contributed by atoms with Crippen molar-refractivity contribution in [3.8, 4) is 0 Å². The Morgan fingerprint density at radius 3 is 2.35 bits per heavy atom. The fourth-order valence-electron chi connectivity index (χ4n) is 2.54. The molecule has 102 valence electrons. The Morgan fingerprint density at radius 1 is 1.00 bits per heavy atom. The van der Waals surface area contributed by atoms with Crippen LogP contribution in [0.5, 0.6) is 0 Å². The number of hydrogen-bond donors (Lipinski definition) is 0. The first kappa shape index (κ1) is 12.9. The second-order valence-corrected chi connectivity index (χ2v) is 6.25. The SMILES string of the molecule is CC(C)(C)c1ccc2c(c1)C(c1ccccc1)OC2=O. The van der Waals surface area contributed by atoms with Gasteiger partial charge < -0.3 is 4.74 Å². The highest BCUT2D eigenvalue weighted by molar-refractivity contribution is 5.94. The molecule has 0 bridgehead atoms. The Kier molecular flexibility index (Phi) is 2.89. The highest BCUT2D eigenvalue weighted by Crippen LogP contribution is 2.38. The quantitative estimate of drug-likeness (QED) is 0.721. The largest absolute Gasteiger partial charge is 0.449 e. The molecule has 0 aromatic heterocycles. The van der Waals surface area contributed by atoms with Gasteiger partial charge in [-0.25, -0.2) is 4.79 Å². The number of cyclic esters (lactones) is 1. The van der Waals surface area contributed by atoms with Crippen molar-refractivity contribution in [2.75, 3.05) is 0 Å². The summed E-state index contributed by atoms with van der Waals surface area (Å²) < 4.78 is 5.55. The van der Waals surface area contributed by atoms with E-state index < -0.39 is 0 Å². The molecule has 1 atom stereocenters. The molecule has 0 N–H and O–H groups in total. The number of esters is 1. The van der Waals surface area contributed by atoms with Gasteiger partial charge in [0.25, 0.3) is 0 Å². The van der Waals surface area contributed by atoms with Crippen molar-refractivity contribution in [2.45, 2.75) is 32.3 Å². The molecule has 1 aliphatic heterocycles. The van der Waals surface area contributed by atoms with Gasteiger partial charge in [-0.1, -0.05) is 63.2 Å². The second-order valence-electron chi connectivity index (χ2n) is 6.25. The maximum atomic E-state index is 12.0. The Morgan fingerprint density at radius 2 is 1.70 bits per heavy atom. The zero-order chi connectivity index (χ0) is 14.3. The summed E-state index contributed by atoms with van der Waals surface area (Å²) in [4.78, 5) is 12.0. The number of hydrogen-bond acceptors (Lipinski definition) is 2. The van der Waals surface area contributed by atoms with Crippen molar-refractivity contribution in [1.29, 1.82) is 0 Å². The molecule has 0 radical (unpaired) electrons. The van der Waals surface area contributed by atoms with Gasteiger partial charge in [0, 0.05) is 5.56 Å². The fourth-order valence-corrected chi connectivity index (χ4v) is 2.54. The number of fused-ring (bicyclic) bond motifs is 1. The minimum absolute atomic E-state index is 0.0574. The van der Waals surface area contributed by atoms with E-state index in [-0.39, 0.29) is 17.5 Å². The van der Waals surface area contributed by atoms with E-state index in [0.29, 0.717) is 5.56 Å². The van der Waals surface area contributed by atoms with Gasteiger partial charge in [0.15, 0.2) is 6.10 Å². The normalized spacial score (nSPS) is 17.8. The third kappa shape index (κ3) is 2.11. The molecule has 1 aliphatic rings. The van der Waals surface area contributed by atoms with E-state index in [9.17, 15) is 4.79 Å². The van der Waals surface area contributed by atoms with E-state index in [1.165, 1.54) is 5.56 Å². The lowest BCUT2D eigenvalue weighted by molar-refractivity contribution is 0.0456. The Labute approximate surface area is 119 Å². The van der Waals surface area contributed by atoms with E-state index in [2.05, 4.69) is 26.8 Å². The molecule has 0 amide bonds. The third-order valence-corrected chi connectivity index (χ3v) is 3.75. The number of ether oxygens (including phenoxy) is 1. The van der Waals surface area contributed by atoms with Crippen LogP contribution in [0.15, 0.2) is 48.5 Å². The van der Waals surface area contributed by atoms with Crippen LogP contribution < -0.4 is 0 Å². The van der Waals surface area contributed by atoms with Crippen LogP contribution >= 0.6 is 0 Å². The van der Waals surface area contributed by atoms with Crippen molar-refractivity contribution < 1.29 is 9.53 Å². The number of carbonyl (C=O) groups excluding carboxylic acids is 1. The summed E-state index contributed by atoms with van der Waals surface area (Å²) in [6.07, 6.45) is -0.277. The summed E-state index contributed by atoms with van der Waals surface area (Å²) in [7, 11) is 0. The maximum absolute atomic E-state index is 12.0. The average Bonchev–Trinajstić information content (AvgIpc) is 2.76. The molecule has 3 rings (SSSR count). The Balaban J connectivity index is 2.11. The molecular formula is C18H18O2. The van der Waals surface area contributed by atoms with Crippen molar-refractivity contribution >= 4 is 5.97 Å². The first-order valence-electron chi connectivity index (χ1n) is 6.87. The molecule has 20 heavy (non-hydrogen) atoms. The van der Waals surface area contributed by atoms with Crippen molar-refractivity contribution in [3.05, 3.63) is 70.8 Å². The third-order valence-electron chi connectivity index (χ3n) is 3.75. The highest BCUT2D eigenvalue weighted by atomic mass is 16.5. The number of rotatable bonds is 1. The minimum Gasteiger partial charge on any atom is -0.449 e. The second kappa shape index (κ2) is 4.48. The van der Waals surface area contributed by atoms with Crippen LogP contribution in [-0.4, -0.2) is 5.97 Å². The lowest BCUT2D eigenvalue weighted by Crippen LogP contribution is -2.12. The summed E-state index contributed by atoms with van der Waals surface area (Å²) in [6.45, 7) is 6.51. The van der Waals surface area contributed by atoms with Crippen molar-refractivity contribution in [3.63, 3.8) is 0 Å². The molecule has 2 aromatic rings. The maximum Gasteiger partial charge on any atom is 0.339 e. The summed E-state index contributed by atoms with van der Waals surface area (Å²) in [6, 6.07) is 15.9. The standard InChI is InChI=1S/C18H18O2/c1-18(2,3)13-9-10-14-15(11-13)16(20-17(14)19)12-7-5-4-6-8-12/h4-11,16H,1-3H3. The molecule has 0 saturated carbocycles. The molecule has 2 aromatic carbocycles. The molecule has 0 aliphatic carbocycles. The summed E-state index contributed by atoms with van der Waals surface area (Å²) in [5.74, 6) is -0.227. The van der Waals surface area contributed by atoms with Gasteiger partial charge in [-0.15, -0.1) is 0 Å². The van der Waals surface area contributed by atoms with E-state index in [1.54, 1.807) is 0 Å². The van der Waals surface area contributed by atoms with Gasteiger partial charge in [-0.2, -0.15) is 0 Å². The van der Waals surface area contributed by atoms with Crippen molar-refractivity contribution in [2.24, 2.45) is 0 Å². The molecule has 0 saturated heterocycles. The molecule has 1 unspecified atom stereocenters. The van der Waals surface area contributed by atoms with Crippen LogP contribution in [0.3, 0.4) is 0 Å². The fraction of sp³-hybridized carbons (Fsp3) is 0.278. The smallest absolute Gasteiger partial charge is 0.339 e. The van der Waals surface area contributed by atoms with Crippen LogP contribution in [0.2, 0.25) is 0 Å². The summed E-state index contributed by atoms with van der Waals surface area (Å²) in [5, 5.41) is 0. The first-order chi connectivity index (χ1) is 9.47. The van der Waals surface area contributed by atoms with Crippen LogP contribution in [-0.2, 0) is 10.2 Å². The molecule has 2 heteroatoms. The van der Waals surface area contributed by atoms with Gasteiger partial charge >= 0.3 is 5.97 Å². The van der Waals surface area contributed by atoms with Crippen LogP contribution in [0.25, 0.3) is 0 Å². The van der Waals surface area contributed by atoms with E-state index in [4.69, 9.17) is 4.74 Å². The Bertz CT molecular complexity index is 651. The Hall–Kier alpha value is -2.09. The van der Waals surface area contributed by atoms with E-state index in [1.807, 2.05) is 42.5 Å². The van der Waals surface area contributed by atoms with Crippen LogP contribution in [0, 0.1) is 0 Å². The molecule has 0 fully saturated rings. The lowest BCUT2D eigenvalue weighted by Gasteiger charge is -2.20. The minimum atomic E-state index is -0.277. The molecule has 2 nitrogen and oxygen atoms in total. The van der Waals surface area contributed by atoms with Gasteiger partial charge in [-0.05, 0) is 22.6 Å². The topological polar surface area (TPSA) is 26.3 Å². The number of carbonyl (C=O) groups is 1. The molecular weight excluding hydrogens is 248 g/mol. The lowest BCUT2D eigenvalue weighted by atomic mass is 9.84. The van der Waals surface area contributed by atoms with Gasteiger partial charge in [-0.3, -0.25) is 0 Å². The van der Waals surface area contributed by atoms with E-state index in [0.717, 1.165) is 11.1 Å². The van der Waals surface area contributed by atoms with Gasteiger partial charge in [0.05, 0.1) is 5.56 Å². The zero-order valence-corrected chi connectivity index (χ0v) is 12.0. The van der Waals surface area contributed by atoms with Crippen LogP contribution in [0.1, 0.15) is 53.9 Å². The molecule has 0 spiro atoms. The van der Waals surface area contributed by atoms with Gasteiger partial charge in [0.2, 0.25) is 0 Å². The van der Waals surface area contributed by atoms with E-state index >= 15 is 0 Å². The first-order valence-corrected chi connectivity index (χ1v) is 6.87. The monoisotopic (exact) mass is 266 g/mol. The zero-order valence-electron chi connectivity index (χ0n) is 12.0. The van der Waals surface area contributed by atoms with Gasteiger partial charge in [0.1, 0.15) is 0 Å². The predicted octanol–water partition coefficient (Wildman–Crippen LogP) is 4.24. The van der Waals surface area contributed by atoms with Crippen LogP contribution in [0.4, 0.5) is 0 Å². The number of benzene rings is 2. The summed E-state index contributed by atoms with van der Waals surface area (Å²) >= 11 is 0.